The number of para-hydroxylation sites is 1. The van der Waals surface area contributed by atoms with Gasteiger partial charge < -0.3 is 10.1 Å². The van der Waals surface area contributed by atoms with Crippen molar-refractivity contribution in [2.75, 3.05) is 13.2 Å². The maximum Gasteiger partial charge on any atom is 0.127 e. The van der Waals surface area contributed by atoms with Crippen molar-refractivity contribution in [3.05, 3.63) is 29.3 Å². The Morgan fingerprint density at radius 2 is 2.11 bits per heavy atom. The van der Waals surface area contributed by atoms with Crippen molar-refractivity contribution in [2.24, 2.45) is 5.41 Å². The van der Waals surface area contributed by atoms with Crippen LogP contribution in [0.5, 0.6) is 5.75 Å². The number of aryl methyl sites for hydroxylation is 1. The Hall–Kier alpha value is -1.02. The predicted molar refractivity (Wildman–Crippen MR) is 80.7 cm³/mol. The normalized spacial score (nSPS) is 16.6. The van der Waals surface area contributed by atoms with E-state index >= 15 is 0 Å². The summed E-state index contributed by atoms with van der Waals surface area (Å²) in [6.07, 6.45) is 3.42. The van der Waals surface area contributed by atoms with Crippen LogP contribution >= 0.6 is 0 Å². The highest BCUT2D eigenvalue weighted by Gasteiger charge is 2.24. The summed E-state index contributed by atoms with van der Waals surface area (Å²) in [4.78, 5) is 0. The second kappa shape index (κ2) is 5.96. The van der Waals surface area contributed by atoms with Gasteiger partial charge >= 0.3 is 0 Å². The van der Waals surface area contributed by atoms with E-state index in [4.69, 9.17) is 4.74 Å². The minimum absolute atomic E-state index is 0.310. The highest BCUT2D eigenvalue weighted by Crippen LogP contribution is 2.37. The van der Waals surface area contributed by atoms with Crippen molar-refractivity contribution in [3.63, 3.8) is 0 Å². The van der Waals surface area contributed by atoms with Crippen molar-refractivity contribution in [2.45, 2.75) is 53.0 Å². The smallest absolute Gasteiger partial charge is 0.127 e. The predicted octanol–water partition coefficient (Wildman–Crippen LogP) is 4.10. The van der Waals surface area contributed by atoms with Crippen molar-refractivity contribution >= 4 is 0 Å². The molecule has 0 bridgehead atoms. The van der Waals surface area contributed by atoms with Gasteiger partial charge in [0.1, 0.15) is 5.75 Å². The molecule has 0 radical (unpaired) electrons. The Kier molecular flexibility index (Phi) is 4.51. The van der Waals surface area contributed by atoms with Gasteiger partial charge in [-0.05, 0) is 36.8 Å². The molecule has 2 heteroatoms. The molecule has 1 aliphatic rings. The standard InChI is InChI=1S/C17H27NO/c1-5-18-15(12-17(2,3)4)14-10-6-8-13-9-7-11-19-16(13)14/h6,8,10,15,18H,5,7,9,11-12H2,1-4H3. The molecule has 0 amide bonds. The third-order valence-electron chi connectivity index (χ3n) is 3.61. The Balaban J connectivity index is 2.30. The number of hydrogen-bond donors (Lipinski definition) is 1. The minimum Gasteiger partial charge on any atom is -0.493 e. The summed E-state index contributed by atoms with van der Waals surface area (Å²) in [7, 11) is 0. The van der Waals surface area contributed by atoms with Crippen LogP contribution in [-0.2, 0) is 6.42 Å². The van der Waals surface area contributed by atoms with Gasteiger partial charge in [0, 0.05) is 11.6 Å². The van der Waals surface area contributed by atoms with E-state index in [9.17, 15) is 0 Å². The summed E-state index contributed by atoms with van der Waals surface area (Å²) in [5.74, 6) is 1.14. The molecule has 0 spiro atoms. The highest BCUT2D eigenvalue weighted by atomic mass is 16.5. The van der Waals surface area contributed by atoms with Gasteiger partial charge in [-0.2, -0.15) is 0 Å². The van der Waals surface area contributed by atoms with E-state index in [1.807, 2.05) is 0 Å². The van der Waals surface area contributed by atoms with Gasteiger partial charge in [-0.15, -0.1) is 0 Å². The Labute approximate surface area is 117 Å². The maximum absolute atomic E-state index is 5.96. The molecule has 1 atom stereocenters. The molecule has 106 valence electrons. The molecule has 0 aromatic heterocycles. The molecule has 1 heterocycles. The number of rotatable bonds is 4. The van der Waals surface area contributed by atoms with Gasteiger partial charge in [-0.25, -0.2) is 0 Å². The summed E-state index contributed by atoms with van der Waals surface area (Å²) >= 11 is 0. The zero-order valence-corrected chi connectivity index (χ0v) is 12.8. The van der Waals surface area contributed by atoms with Crippen LogP contribution in [0.2, 0.25) is 0 Å². The molecule has 2 rings (SSSR count). The van der Waals surface area contributed by atoms with E-state index in [0.29, 0.717) is 11.5 Å². The number of hydrogen-bond acceptors (Lipinski definition) is 2. The number of benzene rings is 1. The fourth-order valence-electron chi connectivity index (χ4n) is 2.84. The van der Waals surface area contributed by atoms with E-state index in [-0.39, 0.29) is 0 Å². The maximum atomic E-state index is 5.96. The SMILES string of the molecule is CCNC(CC(C)(C)C)c1cccc2c1OCCC2. The Morgan fingerprint density at radius 3 is 2.79 bits per heavy atom. The average molecular weight is 261 g/mol. The molecule has 1 aromatic rings. The largest absolute Gasteiger partial charge is 0.493 e. The third kappa shape index (κ3) is 3.73. The lowest BCUT2D eigenvalue weighted by molar-refractivity contribution is 0.270. The van der Waals surface area contributed by atoms with Crippen LogP contribution in [0.4, 0.5) is 0 Å². The van der Waals surface area contributed by atoms with Crippen LogP contribution < -0.4 is 10.1 Å². The lowest BCUT2D eigenvalue weighted by atomic mass is 9.84. The van der Waals surface area contributed by atoms with E-state index in [0.717, 1.165) is 38.2 Å². The topological polar surface area (TPSA) is 21.3 Å². The molecule has 0 saturated heterocycles. The zero-order chi connectivity index (χ0) is 13.9. The molecule has 1 N–H and O–H groups in total. The molecule has 0 saturated carbocycles. The van der Waals surface area contributed by atoms with Gasteiger partial charge in [0.05, 0.1) is 6.61 Å². The first-order chi connectivity index (χ1) is 9.01. The second-order valence-electron chi connectivity index (χ2n) is 6.66. The molecule has 1 aromatic carbocycles. The molecular weight excluding hydrogens is 234 g/mol. The highest BCUT2D eigenvalue weighted by molar-refractivity contribution is 5.44. The molecule has 19 heavy (non-hydrogen) atoms. The van der Waals surface area contributed by atoms with E-state index in [1.54, 1.807) is 0 Å². The molecule has 0 aliphatic carbocycles. The van der Waals surface area contributed by atoms with Crippen LogP contribution in [0.1, 0.15) is 57.7 Å². The lowest BCUT2D eigenvalue weighted by Crippen LogP contribution is -2.27. The Morgan fingerprint density at radius 1 is 1.32 bits per heavy atom. The average Bonchev–Trinajstić information content (AvgIpc) is 2.36. The zero-order valence-electron chi connectivity index (χ0n) is 12.8. The fraction of sp³-hybridized carbons (Fsp3) is 0.647. The van der Waals surface area contributed by atoms with Gasteiger partial charge in [-0.3, -0.25) is 0 Å². The monoisotopic (exact) mass is 261 g/mol. The van der Waals surface area contributed by atoms with Crippen LogP contribution in [0.15, 0.2) is 18.2 Å². The first kappa shape index (κ1) is 14.4. The fourth-order valence-corrected chi connectivity index (χ4v) is 2.84. The third-order valence-corrected chi connectivity index (χ3v) is 3.61. The van der Waals surface area contributed by atoms with Gasteiger partial charge in [0.15, 0.2) is 0 Å². The quantitative estimate of drug-likeness (QED) is 0.881. The summed E-state index contributed by atoms with van der Waals surface area (Å²) in [5, 5.41) is 3.63. The second-order valence-corrected chi connectivity index (χ2v) is 6.66. The van der Waals surface area contributed by atoms with E-state index < -0.39 is 0 Å². The molecule has 0 fully saturated rings. The van der Waals surface area contributed by atoms with Crippen molar-refractivity contribution in [3.8, 4) is 5.75 Å². The van der Waals surface area contributed by atoms with Crippen molar-refractivity contribution in [1.29, 1.82) is 0 Å². The van der Waals surface area contributed by atoms with Crippen LogP contribution in [0.3, 0.4) is 0 Å². The summed E-state index contributed by atoms with van der Waals surface area (Å²) in [6, 6.07) is 7.00. The molecule has 2 nitrogen and oxygen atoms in total. The molecule has 1 unspecified atom stereocenters. The summed E-state index contributed by atoms with van der Waals surface area (Å²) < 4.78 is 5.96. The van der Waals surface area contributed by atoms with Gasteiger partial charge in [0.25, 0.3) is 0 Å². The van der Waals surface area contributed by atoms with Gasteiger partial charge in [-0.1, -0.05) is 45.9 Å². The van der Waals surface area contributed by atoms with Crippen molar-refractivity contribution in [1.82, 2.24) is 5.32 Å². The van der Waals surface area contributed by atoms with Crippen LogP contribution in [0, 0.1) is 5.41 Å². The van der Waals surface area contributed by atoms with Gasteiger partial charge in [0.2, 0.25) is 0 Å². The number of nitrogens with one attached hydrogen (secondary N) is 1. The molecular formula is C17H27NO. The first-order valence-electron chi connectivity index (χ1n) is 7.49. The van der Waals surface area contributed by atoms with Crippen LogP contribution in [-0.4, -0.2) is 13.2 Å². The van der Waals surface area contributed by atoms with Crippen LogP contribution in [0.25, 0.3) is 0 Å². The minimum atomic E-state index is 0.310. The summed E-state index contributed by atoms with van der Waals surface area (Å²) in [6.45, 7) is 10.9. The number of fused-ring (bicyclic) bond motifs is 1. The first-order valence-corrected chi connectivity index (χ1v) is 7.49. The summed E-state index contributed by atoms with van der Waals surface area (Å²) in [5.41, 5.74) is 3.03. The lowest BCUT2D eigenvalue weighted by Gasteiger charge is -2.30. The van der Waals surface area contributed by atoms with Crippen molar-refractivity contribution < 1.29 is 4.74 Å². The number of ether oxygens (including phenoxy) is 1. The van der Waals surface area contributed by atoms with E-state index in [2.05, 4.69) is 51.2 Å². The molecule has 1 aliphatic heterocycles. The Bertz CT molecular complexity index is 420. The van der Waals surface area contributed by atoms with E-state index in [1.165, 1.54) is 11.1 Å².